The summed E-state index contributed by atoms with van der Waals surface area (Å²) in [5.41, 5.74) is 1.01. The van der Waals surface area contributed by atoms with Gasteiger partial charge >= 0.3 is 5.97 Å². The van der Waals surface area contributed by atoms with Crippen LogP contribution < -0.4 is 0 Å². The van der Waals surface area contributed by atoms with Crippen molar-refractivity contribution in [1.29, 1.82) is 0 Å². The van der Waals surface area contributed by atoms with Crippen molar-refractivity contribution >= 4 is 16.7 Å². The van der Waals surface area contributed by atoms with Crippen molar-refractivity contribution in [3.63, 3.8) is 0 Å². The molecule has 3 heteroatoms. The first-order valence-corrected chi connectivity index (χ1v) is 4.97. The molecule has 0 unspecified atom stereocenters. The molecule has 0 saturated heterocycles. The van der Waals surface area contributed by atoms with Gasteiger partial charge in [-0.3, -0.25) is 0 Å². The van der Waals surface area contributed by atoms with E-state index in [1.54, 1.807) is 6.07 Å². The van der Waals surface area contributed by atoms with Crippen LogP contribution in [0.4, 0.5) is 0 Å². The molecule has 0 saturated carbocycles. The quantitative estimate of drug-likeness (QED) is 0.782. The normalized spacial score (nSPS) is 10.4. The molecule has 0 spiro atoms. The maximum atomic E-state index is 11.5. The molecule has 0 bridgehead atoms. The maximum absolute atomic E-state index is 11.5. The second kappa shape index (κ2) is 4.33. The summed E-state index contributed by atoms with van der Waals surface area (Å²) in [6.45, 7) is -0.171. The monoisotopic (exact) mass is 216 g/mol. The summed E-state index contributed by atoms with van der Waals surface area (Å²) in [6.07, 6.45) is 0. The van der Waals surface area contributed by atoms with Crippen molar-refractivity contribution in [3.8, 4) is 0 Å². The van der Waals surface area contributed by atoms with Crippen molar-refractivity contribution in [2.45, 2.75) is 6.61 Å². The van der Waals surface area contributed by atoms with Crippen LogP contribution in [0.25, 0.3) is 10.8 Å². The van der Waals surface area contributed by atoms with E-state index in [4.69, 9.17) is 0 Å². The van der Waals surface area contributed by atoms with Crippen LogP contribution in [0.5, 0.6) is 0 Å². The number of methoxy groups -OCH3 is 1. The Morgan fingerprint density at radius 1 is 1.25 bits per heavy atom. The smallest absolute Gasteiger partial charge is 0.338 e. The average molecular weight is 216 g/mol. The number of hydrogen-bond donors (Lipinski definition) is 1. The third kappa shape index (κ3) is 1.77. The second-order valence-corrected chi connectivity index (χ2v) is 3.51. The van der Waals surface area contributed by atoms with Gasteiger partial charge < -0.3 is 9.84 Å². The number of hydrogen-bond acceptors (Lipinski definition) is 3. The molecule has 0 aromatic heterocycles. The van der Waals surface area contributed by atoms with Crippen molar-refractivity contribution in [2.75, 3.05) is 7.11 Å². The van der Waals surface area contributed by atoms with E-state index in [9.17, 15) is 9.90 Å². The Hall–Kier alpha value is -1.87. The van der Waals surface area contributed by atoms with Crippen LogP contribution >= 0.6 is 0 Å². The SMILES string of the molecule is COC(=O)c1cc2ccccc2cc1CO. The van der Waals surface area contributed by atoms with Gasteiger partial charge in [-0.1, -0.05) is 24.3 Å². The first-order chi connectivity index (χ1) is 7.76. The van der Waals surface area contributed by atoms with Crippen LogP contribution in [-0.4, -0.2) is 18.2 Å². The van der Waals surface area contributed by atoms with Crippen molar-refractivity contribution in [3.05, 3.63) is 47.5 Å². The molecule has 2 rings (SSSR count). The number of benzene rings is 2. The number of rotatable bonds is 2. The van der Waals surface area contributed by atoms with Gasteiger partial charge in [0.25, 0.3) is 0 Å². The highest BCUT2D eigenvalue weighted by Gasteiger charge is 2.12. The van der Waals surface area contributed by atoms with Gasteiger partial charge in [0, 0.05) is 0 Å². The Morgan fingerprint density at radius 2 is 1.88 bits per heavy atom. The average Bonchev–Trinajstić information content (AvgIpc) is 2.36. The van der Waals surface area contributed by atoms with E-state index in [0.29, 0.717) is 11.1 Å². The molecule has 0 aliphatic carbocycles. The molecule has 0 aliphatic rings. The zero-order valence-electron chi connectivity index (χ0n) is 8.93. The highest BCUT2D eigenvalue weighted by molar-refractivity contribution is 5.97. The van der Waals surface area contributed by atoms with E-state index >= 15 is 0 Å². The van der Waals surface area contributed by atoms with Crippen LogP contribution in [-0.2, 0) is 11.3 Å². The standard InChI is InChI=1S/C13H12O3/c1-16-13(15)12-7-10-5-3-2-4-9(10)6-11(12)8-14/h2-7,14H,8H2,1H3. The minimum absolute atomic E-state index is 0.171. The zero-order chi connectivity index (χ0) is 11.5. The van der Waals surface area contributed by atoms with Crippen LogP contribution in [0, 0.1) is 0 Å². The van der Waals surface area contributed by atoms with E-state index in [1.807, 2.05) is 30.3 Å². The van der Waals surface area contributed by atoms with Gasteiger partial charge in [-0.25, -0.2) is 4.79 Å². The molecule has 82 valence electrons. The first kappa shape index (κ1) is 10.6. The van der Waals surface area contributed by atoms with E-state index in [2.05, 4.69) is 4.74 Å². The summed E-state index contributed by atoms with van der Waals surface area (Å²) in [5, 5.41) is 11.2. The maximum Gasteiger partial charge on any atom is 0.338 e. The highest BCUT2D eigenvalue weighted by Crippen LogP contribution is 2.20. The summed E-state index contributed by atoms with van der Waals surface area (Å²) in [5.74, 6) is -0.421. The lowest BCUT2D eigenvalue weighted by molar-refractivity contribution is 0.0597. The number of carbonyl (C=O) groups excluding carboxylic acids is 1. The fourth-order valence-electron chi connectivity index (χ4n) is 1.72. The Balaban J connectivity index is 2.67. The summed E-state index contributed by atoms with van der Waals surface area (Å²) < 4.78 is 4.68. The number of ether oxygens (including phenoxy) is 1. The molecule has 2 aromatic rings. The van der Waals surface area contributed by atoms with Gasteiger partial charge in [0.05, 0.1) is 19.3 Å². The fourth-order valence-corrected chi connectivity index (χ4v) is 1.72. The lowest BCUT2D eigenvalue weighted by atomic mass is 10.0. The largest absolute Gasteiger partial charge is 0.465 e. The van der Waals surface area contributed by atoms with E-state index in [0.717, 1.165) is 10.8 Å². The van der Waals surface area contributed by atoms with E-state index < -0.39 is 5.97 Å². The van der Waals surface area contributed by atoms with Crippen LogP contribution in [0.1, 0.15) is 15.9 Å². The lowest BCUT2D eigenvalue weighted by Gasteiger charge is -2.07. The van der Waals surface area contributed by atoms with Crippen molar-refractivity contribution < 1.29 is 14.6 Å². The number of esters is 1. The molecule has 16 heavy (non-hydrogen) atoms. The number of aliphatic hydroxyl groups excluding tert-OH is 1. The molecule has 0 amide bonds. The zero-order valence-corrected chi connectivity index (χ0v) is 8.93. The lowest BCUT2D eigenvalue weighted by Crippen LogP contribution is -2.05. The van der Waals surface area contributed by atoms with Crippen LogP contribution in [0.3, 0.4) is 0 Å². The molecule has 2 aromatic carbocycles. The summed E-state index contributed by atoms with van der Waals surface area (Å²) >= 11 is 0. The minimum Gasteiger partial charge on any atom is -0.465 e. The molecular weight excluding hydrogens is 204 g/mol. The summed E-state index contributed by atoms with van der Waals surface area (Å²) in [6, 6.07) is 11.2. The molecule has 0 atom stereocenters. The third-order valence-corrected chi connectivity index (χ3v) is 2.55. The van der Waals surface area contributed by atoms with Gasteiger partial charge in [-0.15, -0.1) is 0 Å². The molecule has 0 aliphatic heterocycles. The molecule has 1 N–H and O–H groups in total. The summed E-state index contributed by atoms with van der Waals surface area (Å²) in [4.78, 5) is 11.5. The minimum atomic E-state index is -0.421. The third-order valence-electron chi connectivity index (χ3n) is 2.55. The predicted molar refractivity (Wildman–Crippen MR) is 61.2 cm³/mol. The van der Waals surface area contributed by atoms with E-state index in [1.165, 1.54) is 7.11 Å². The van der Waals surface area contributed by atoms with Gasteiger partial charge in [-0.2, -0.15) is 0 Å². The number of carbonyl (C=O) groups is 1. The Morgan fingerprint density at radius 3 is 2.44 bits per heavy atom. The second-order valence-electron chi connectivity index (χ2n) is 3.51. The number of aliphatic hydroxyl groups is 1. The van der Waals surface area contributed by atoms with Gasteiger partial charge in [-0.05, 0) is 28.5 Å². The topological polar surface area (TPSA) is 46.5 Å². The molecule has 0 fully saturated rings. The van der Waals surface area contributed by atoms with Crippen LogP contribution in [0.15, 0.2) is 36.4 Å². The molecule has 0 radical (unpaired) electrons. The Kier molecular flexibility index (Phi) is 2.88. The van der Waals surface area contributed by atoms with Crippen LogP contribution in [0.2, 0.25) is 0 Å². The van der Waals surface area contributed by atoms with Gasteiger partial charge in [0.2, 0.25) is 0 Å². The molecular formula is C13H12O3. The molecule has 3 nitrogen and oxygen atoms in total. The summed E-state index contributed by atoms with van der Waals surface area (Å²) in [7, 11) is 1.33. The number of fused-ring (bicyclic) bond motifs is 1. The van der Waals surface area contributed by atoms with Gasteiger partial charge in [0.1, 0.15) is 0 Å². The first-order valence-electron chi connectivity index (χ1n) is 4.97. The van der Waals surface area contributed by atoms with Crippen molar-refractivity contribution in [1.82, 2.24) is 0 Å². The highest BCUT2D eigenvalue weighted by atomic mass is 16.5. The Labute approximate surface area is 93.3 Å². The fraction of sp³-hybridized carbons (Fsp3) is 0.154. The van der Waals surface area contributed by atoms with Gasteiger partial charge in [0.15, 0.2) is 0 Å². The van der Waals surface area contributed by atoms with Crippen molar-refractivity contribution in [2.24, 2.45) is 0 Å². The molecule has 0 heterocycles. The van der Waals surface area contributed by atoms with E-state index in [-0.39, 0.29) is 6.61 Å². The Bertz CT molecular complexity index is 532. The predicted octanol–water partition coefficient (Wildman–Crippen LogP) is 2.12.